The Morgan fingerprint density at radius 1 is 1.33 bits per heavy atom. The van der Waals surface area contributed by atoms with E-state index in [1.165, 1.54) is 0 Å². The summed E-state index contributed by atoms with van der Waals surface area (Å²) in [5, 5.41) is 7.39. The van der Waals surface area contributed by atoms with E-state index in [4.69, 9.17) is 11.6 Å². The van der Waals surface area contributed by atoms with Gasteiger partial charge >= 0.3 is 0 Å². The van der Waals surface area contributed by atoms with Crippen molar-refractivity contribution in [1.82, 2.24) is 9.78 Å². The number of nitrogens with zero attached hydrogens (tertiary/aromatic N) is 2. The Morgan fingerprint density at radius 3 is 2.62 bits per heavy atom. The van der Waals surface area contributed by atoms with Crippen molar-refractivity contribution in [3.05, 3.63) is 44.7 Å². The van der Waals surface area contributed by atoms with Gasteiger partial charge in [0.05, 0.1) is 33.1 Å². The third-order valence-electron chi connectivity index (χ3n) is 3.13. The zero-order valence-corrected chi connectivity index (χ0v) is 14.0. The minimum absolute atomic E-state index is 0.0156. The summed E-state index contributed by atoms with van der Waals surface area (Å²) in [6.45, 7) is 5.04. The molecule has 2 aromatic rings. The average molecular weight is 379 g/mol. The lowest BCUT2D eigenvalue weighted by molar-refractivity contribution is 0.584. The summed E-state index contributed by atoms with van der Waals surface area (Å²) in [6.07, 6.45) is 0.798. The Balaban J connectivity index is 2.26. The lowest BCUT2D eigenvalue weighted by atomic mass is 10.2. The fourth-order valence-electron chi connectivity index (χ4n) is 2.07. The topological polar surface area (TPSA) is 29.9 Å². The minimum Gasteiger partial charge on any atom is -0.376 e. The monoisotopic (exact) mass is 377 g/mol. The van der Waals surface area contributed by atoms with Crippen molar-refractivity contribution >= 4 is 33.2 Å². The maximum atomic E-state index is 13.7. The van der Waals surface area contributed by atoms with E-state index >= 15 is 0 Å². The zero-order chi connectivity index (χ0) is 15.6. The highest BCUT2D eigenvalue weighted by Gasteiger charge is 2.15. The second kappa shape index (κ2) is 6.75. The molecule has 7 heteroatoms. The number of aromatic nitrogens is 2. The van der Waals surface area contributed by atoms with Crippen LogP contribution in [0, 0.1) is 11.6 Å². The van der Waals surface area contributed by atoms with E-state index in [0.717, 1.165) is 34.4 Å². The van der Waals surface area contributed by atoms with Gasteiger partial charge in [-0.3, -0.25) is 4.68 Å². The largest absolute Gasteiger partial charge is 0.376 e. The molecule has 0 radical (unpaired) electrons. The van der Waals surface area contributed by atoms with Crippen LogP contribution in [0.5, 0.6) is 0 Å². The van der Waals surface area contributed by atoms with Gasteiger partial charge in [-0.2, -0.15) is 5.10 Å². The maximum Gasteiger partial charge on any atom is 0.150 e. The van der Waals surface area contributed by atoms with Crippen LogP contribution in [0.25, 0.3) is 0 Å². The number of aryl methyl sites for hydroxylation is 2. The molecular weight excluding hydrogens is 364 g/mol. The third-order valence-corrected chi connectivity index (χ3v) is 4.35. The highest BCUT2D eigenvalue weighted by atomic mass is 79.9. The van der Waals surface area contributed by atoms with Crippen LogP contribution in [-0.4, -0.2) is 9.78 Å². The van der Waals surface area contributed by atoms with Gasteiger partial charge in [0, 0.05) is 12.6 Å². The Kier molecular flexibility index (Phi) is 5.22. The summed E-state index contributed by atoms with van der Waals surface area (Å²) in [6, 6.07) is 1.88. The Hall–Kier alpha value is -1.14. The zero-order valence-electron chi connectivity index (χ0n) is 11.7. The van der Waals surface area contributed by atoms with E-state index < -0.39 is 11.6 Å². The van der Waals surface area contributed by atoms with Crippen molar-refractivity contribution in [1.29, 1.82) is 0 Å². The van der Waals surface area contributed by atoms with Crippen molar-refractivity contribution in [2.24, 2.45) is 0 Å². The van der Waals surface area contributed by atoms with Crippen LogP contribution >= 0.6 is 27.5 Å². The predicted octanol–water partition coefficient (Wildman–Crippen LogP) is 4.77. The minimum atomic E-state index is -0.714. The van der Waals surface area contributed by atoms with Crippen LogP contribution in [0.15, 0.2) is 16.6 Å². The number of rotatable bonds is 5. The first-order valence-electron chi connectivity index (χ1n) is 6.60. The highest BCUT2D eigenvalue weighted by molar-refractivity contribution is 9.10. The van der Waals surface area contributed by atoms with Gasteiger partial charge in [0.1, 0.15) is 5.82 Å². The van der Waals surface area contributed by atoms with E-state index in [9.17, 15) is 8.78 Å². The predicted molar refractivity (Wildman–Crippen MR) is 83.7 cm³/mol. The number of benzene rings is 1. The molecule has 0 saturated heterocycles. The van der Waals surface area contributed by atoms with Gasteiger partial charge in [-0.15, -0.1) is 0 Å². The SMILES string of the molecule is CCc1nn(CC)c(CNc2c(F)cc(F)cc2Cl)c1Br. The molecule has 0 aliphatic carbocycles. The molecule has 1 aromatic heterocycles. The van der Waals surface area contributed by atoms with Crippen LogP contribution < -0.4 is 5.32 Å². The van der Waals surface area contributed by atoms with E-state index in [1.807, 2.05) is 18.5 Å². The van der Waals surface area contributed by atoms with Gasteiger partial charge in [-0.1, -0.05) is 18.5 Å². The number of hydrogen-bond acceptors (Lipinski definition) is 2. The number of halogens is 4. The smallest absolute Gasteiger partial charge is 0.150 e. The summed E-state index contributed by atoms with van der Waals surface area (Å²) in [7, 11) is 0. The first-order valence-corrected chi connectivity index (χ1v) is 7.77. The van der Waals surface area contributed by atoms with E-state index in [2.05, 4.69) is 26.3 Å². The van der Waals surface area contributed by atoms with Gasteiger partial charge in [0.15, 0.2) is 5.82 Å². The molecule has 0 aliphatic heterocycles. The maximum absolute atomic E-state index is 13.7. The molecule has 3 nitrogen and oxygen atoms in total. The molecule has 2 rings (SSSR count). The summed E-state index contributed by atoms with van der Waals surface area (Å²) in [4.78, 5) is 0. The van der Waals surface area contributed by atoms with Crippen molar-refractivity contribution in [3.63, 3.8) is 0 Å². The molecule has 0 unspecified atom stereocenters. The van der Waals surface area contributed by atoms with Crippen molar-refractivity contribution in [2.45, 2.75) is 33.4 Å². The molecule has 0 fully saturated rings. The molecule has 0 atom stereocenters. The summed E-state index contributed by atoms with van der Waals surface area (Å²) in [5.41, 5.74) is 1.93. The summed E-state index contributed by atoms with van der Waals surface area (Å²) in [5.74, 6) is -1.41. The Bertz CT molecular complexity index is 635. The second-order valence-electron chi connectivity index (χ2n) is 4.47. The first-order chi connectivity index (χ1) is 9.97. The molecule has 114 valence electrons. The molecule has 0 amide bonds. The molecule has 1 N–H and O–H groups in total. The molecular formula is C14H15BrClF2N3. The third kappa shape index (κ3) is 3.37. The molecule has 21 heavy (non-hydrogen) atoms. The van der Waals surface area contributed by atoms with Gasteiger partial charge in [-0.05, 0) is 35.3 Å². The van der Waals surface area contributed by atoms with Gasteiger partial charge < -0.3 is 5.32 Å². The van der Waals surface area contributed by atoms with Gasteiger partial charge in [-0.25, -0.2) is 8.78 Å². The normalized spacial score (nSPS) is 11.0. The highest BCUT2D eigenvalue weighted by Crippen LogP contribution is 2.28. The molecule has 1 aromatic carbocycles. The molecule has 0 bridgehead atoms. The van der Waals surface area contributed by atoms with Gasteiger partial charge in [0.25, 0.3) is 0 Å². The van der Waals surface area contributed by atoms with Crippen LogP contribution in [0.1, 0.15) is 25.2 Å². The van der Waals surface area contributed by atoms with E-state index in [1.54, 1.807) is 0 Å². The Morgan fingerprint density at radius 2 is 2.05 bits per heavy atom. The fourth-order valence-corrected chi connectivity index (χ4v) is 3.04. The fraction of sp³-hybridized carbons (Fsp3) is 0.357. The Labute approximate surface area is 135 Å². The van der Waals surface area contributed by atoms with E-state index in [0.29, 0.717) is 13.1 Å². The molecule has 0 aliphatic rings. The quantitative estimate of drug-likeness (QED) is 0.812. The van der Waals surface area contributed by atoms with Crippen molar-refractivity contribution in [2.75, 3.05) is 5.32 Å². The summed E-state index contributed by atoms with van der Waals surface area (Å²) >= 11 is 9.39. The lowest BCUT2D eigenvalue weighted by Gasteiger charge is -2.11. The number of anilines is 1. The number of nitrogens with one attached hydrogen (secondary N) is 1. The van der Waals surface area contributed by atoms with Crippen LogP contribution in [0.3, 0.4) is 0 Å². The van der Waals surface area contributed by atoms with Crippen LogP contribution in [0.4, 0.5) is 14.5 Å². The van der Waals surface area contributed by atoms with Crippen LogP contribution in [0.2, 0.25) is 5.02 Å². The average Bonchev–Trinajstić information content (AvgIpc) is 2.73. The molecule has 0 saturated carbocycles. The van der Waals surface area contributed by atoms with Gasteiger partial charge in [0.2, 0.25) is 0 Å². The second-order valence-corrected chi connectivity index (χ2v) is 5.67. The lowest BCUT2D eigenvalue weighted by Crippen LogP contribution is -2.09. The number of hydrogen-bond donors (Lipinski definition) is 1. The van der Waals surface area contributed by atoms with Crippen LogP contribution in [-0.2, 0) is 19.5 Å². The summed E-state index contributed by atoms with van der Waals surface area (Å²) < 4.78 is 29.5. The standard InChI is InChI=1S/C14H15BrClF2N3/c1-3-11-13(15)12(21(4-2)20-11)7-19-14-9(16)5-8(17)6-10(14)18/h5-6,19H,3-4,7H2,1-2H3. The first kappa shape index (κ1) is 16.2. The van der Waals surface area contributed by atoms with Crippen molar-refractivity contribution < 1.29 is 8.78 Å². The van der Waals surface area contributed by atoms with E-state index in [-0.39, 0.29) is 10.7 Å². The molecule has 0 spiro atoms. The molecule has 1 heterocycles. The van der Waals surface area contributed by atoms with Crippen molar-refractivity contribution in [3.8, 4) is 0 Å².